The Bertz CT molecular complexity index is 145. The first-order valence-electron chi connectivity index (χ1n) is 4.16. The van der Waals surface area contributed by atoms with E-state index in [-0.39, 0.29) is 31.0 Å². The van der Waals surface area contributed by atoms with Crippen LogP contribution in [0, 0.1) is 25.7 Å². The van der Waals surface area contributed by atoms with E-state index in [9.17, 15) is 4.79 Å². The minimum atomic E-state index is -0.125. The van der Waals surface area contributed by atoms with Gasteiger partial charge in [0.2, 0.25) is 0 Å². The molecule has 0 atom stereocenters. The molecule has 2 nitrogen and oxygen atoms in total. The first kappa shape index (κ1) is 19.4. The maximum absolute atomic E-state index is 10.0. The SMILES string of the molecule is CC(=O)/C=C(/C)O.C[CH][CH][CH][CH]C.[Rh]. The van der Waals surface area contributed by atoms with Gasteiger partial charge in [0, 0.05) is 25.6 Å². The molecule has 0 heterocycles. The fourth-order valence-electron chi connectivity index (χ4n) is 0.516. The minimum absolute atomic E-state index is 0. The summed E-state index contributed by atoms with van der Waals surface area (Å²) in [5.41, 5.74) is 0. The van der Waals surface area contributed by atoms with Crippen LogP contribution in [-0.4, -0.2) is 10.9 Å². The number of ketones is 1. The zero-order valence-electron chi connectivity index (χ0n) is 9.08. The van der Waals surface area contributed by atoms with Gasteiger partial charge in [0.15, 0.2) is 5.78 Å². The van der Waals surface area contributed by atoms with Crippen LogP contribution in [-0.2, 0) is 24.3 Å². The molecule has 0 spiro atoms. The molecular weight excluding hydrogens is 267 g/mol. The van der Waals surface area contributed by atoms with Gasteiger partial charge in [-0.25, -0.2) is 0 Å². The van der Waals surface area contributed by atoms with E-state index in [0.29, 0.717) is 0 Å². The van der Waals surface area contributed by atoms with Crippen LogP contribution in [0.1, 0.15) is 27.7 Å². The fourth-order valence-corrected chi connectivity index (χ4v) is 0.516. The van der Waals surface area contributed by atoms with E-state index in [0.717, 1.165) is 0 Å². The predicted octanol–water partition coefficient (Wildman–Crippen LogP) is 2.88. The summed E-state index contributed by atoms with van der Waals surface area (Å²) >= 11 is 0. The average molecular weight is 285 g/mol. The number of aliphatic hydroxyl groups is 1. The first-order valence-corrected chi connectivity index (χ1v) is 4.16. The van der Waals surface area contributed by atoms with Gasteiger partial charge in [-0.05, 0) is 39.5 Å². The van der Waals surface area contributed by atoms with Gasteiger partial charge < -0.3 is 5.11 Å². The van der Waals surface area contributed by atoms with E-state index in [4.69, 9.17) is 5.11 Å². The average Bonchev–Trinajstić information content (AvgIpc) is 1.99. The summed E-state index contributed by atoms with van der Waals surface area (Å²) in [6.07, 6.45) is 9.17. The summed E-state index contributed by atoms with van der Waals surface area (Å²) in [5, 5.41) is 8.36. The molecule has 0 fully saturated rings. The molecule has 0 aliphatic heterocycles. The van der Waals surface area contributed by atoms with Crippen molar-refractivity contribution in [1.82, 2.24) is 0 Å². The molecular formula is C11H18O2Rh. The van der Waals surface area contributed by atoms with Crippen molar-refractivity contribution >= 4 is 5.78 Å². The standard InChI is InChI=1S/C6H10.C5H8O2.Rh/c1-3-5-6-4-2;1-4(6)3-5(2)7;/h3-6H,1-2H3;3,6H,1-2H3;/b;4-3-;. The second-order valence-corrected chi connectivity index (χ2v) is 2.45. The second kappa shape index (κ2) is 15.3. The number of allylic oxidation sites excluding steroid dienone is 2. The number of aliphatic hydroxyl groups excluding tert-OH is 1. The Morgan fingerprint density at radius 1 is 1.07 bits per heavy atom. The molecule has 0 aromatic carbocycles. The van der Waals surface area contributed by atoms with Crippen molar-refractivity contribution in [1.29, 1.82) is 0 Å². The van der Waals surface area contributed by atoms with Crippen LogP contribution in [0.4, 0.5) is 0 Å². The third kappa shape index (κ3) is 29.7. The van der Waals surface area contributed by atoms with Crippen LogP contribution in [0.25, 0.3) is 0 Å². The van der Waals surface area contributed by atoms with Crippen molar-refractivity contribution in [2.24, 2.45) is 0 Å². The monoisotopic (exact) mass is 285 g/mol. The van der Waals surface area contributed by atoms with Gasteiger partial charge in [-0.3, -0.25) is 4.79 Å². The van der Waals surface area contributed by atoms with Crippen molar-refractivity contribution in [3.05, 3.63) is 37.5 Å². The summed E-state index contributed by atoms with van der Waals surface area (Å²) in [5.74, 6) is -0.0625. The number of hydrogen-bond acceptors (Lipinski definition) is 2. The normalized spacial score (nSPS) is 9.57. The van der Waals surface area contributed by atoms with Crippen molar-refractivity contribution in [3.63, 3.8) is 0 Å². The first-order chi connectivity index (χ1) is 6.04. The quantitative estimate of drug-likeness (QED) is 0.373. The molecule has 0 saturated carbocycles. The molecule has 1 N–H and O–H groups in total. The fraction of sp³-hybridized carbons (Fsp3) is 0.364. The Morgan fingerprint density at radius 3 is 1.50 bits per heavy atom. The van der Waals surface area contributed by atoms with Crippen molar-refractivity contribution < 1.29 is 29.4 Å². The number of carbonyl (C=O) groups excluding carboxylic acids is 1. The van der Waals surface area contributed by atoms with E-state index < -0.39 is 0 Å². The van der Waals surface area contributed by atoms with Gasteiger partial charge in [0.25, 0.3) is 0 Å². The second-order valence-electron chi connectivity index (χ2n) is 2.45. The van der Waals surface area contributed by atoms with E-state index >= 15 is 0 Å². The molecule has 14 heavy (non-hydrogen) atoms. The van der Waals surface area contributed by atoms with Gasteiger partial charge >= 0.3 is 0 Å². The third-order valence-corrected chi connectivity index (χ3v) is 0.908. The van der Waals surface area contributed by atoms with Crippen LogP contribution in [0.3, 0.4) is 0 Å². The van der Waals surface area contributed by atoms with E-state index in [1.165, 1.54) is 19.9 Å². The van der Waals surface area contributed by atoms with E-state index in [2.05, 4.69) is 0 Å². The molecule has 0 rings (SSSR count). The number of unbranched alkanes of at least 4 members (excludes halogenated alkanes) is 3. The van der Waals surface area contributed by atoms with E-state index in [1.54, 1.807) is 0 Å². The Kier molecular flexibility index (Phi) is 21.2. The van der Waals surface area contributed by atoms with Crippen LogP contribution < -0.4 is 0 Å². The Labute approximate surface area is 101 Å². The maximum atomic E-state index is 10.0. The van der Waals surface area contributed by atoms with Gasteiger partial charge in [-0.15, -0.1) is 0 Å². The summed E-state index contributed by atoms with van der Waals surface area (Å²) < 4.78 is 0. The van der Waals surface area contributed by atoms with Crippen LogP contribution >= 0.6 is 0 Å². The van der Waals surface area contributed by atoms with Gasteiger partial charge in [0.05, 0.1) is 5.76 Å². The molecule has 5 radical (unpaired) electrons. The molecule has 0 saturated heterocycles. The molecule has 0 aromatic rings. The summed E-state index contributed by atoms with van der Waals surface area (Å²) in [7, 11) is 0. The minimum Gasteiger partial charge on any atom is -0.512 e. The summed E-state index contributed by atoms with van der Waals surface area (Å²) in [6.45, 7) is 6.85. The van der Waals surface area contributed by atoms with Gasteiger partial charge in [-0.2, -0.15) is 0 Å². The van der Waals surface area contributed by atoms with Gasteiger partial charge in [-0.1, -0.05) is 13.8 Å². The van der Waals surface area contributed by atoms with Crippen LogP contribution in [0.15, 0.2) is 11.8 Å². The number of hydrogen-bond donors (Lipinski definition) is 1. The Morgan fingerprint density at radius 2 is 1.43 bits per heavy atom. The maximum Gasteiger partial charge on any atom is 0.155 e. The molecule has 0 aliphatic rings. The van der Waals surface area contributed by atoms with Crippen molar-refractivity contribution in [2.45, 2.75) is 27.7 Å². The molecule has 0 aromatic heterocycles. The molecule has 83 valence electrons. The smallest absolute Gasteiger partial charge is 0.155 e. The number of rotatable bonds is 4. The molecule has 3 heteroatoms. The third-order valence-electron chi connectivity index (χ3n) is 0.908. The summed E-state index contributed by atoms with van der Waals surface area (Å²) in [4.78, 5) is 10.0. The van der Waals surface area contributed by atoms with Gasteiger partial charge in [0.1, 0.15) is 0 Å². The Hall–Kier alpha value is -0.167. The van der Waals surface area contributed by atoms with E-state index in [1.807, 2.05) is 39.5 Å². The molecule has 0 amide bonds. The molecule has 0 unspecified atom stereocenters. The zero-order chi connectivity index (χ0) is 10.7. The molecule has 0 aliphatic carbocycles. The van der Waals surface area contributed by atoms with Crippen LogP contribution in [0.5, 0.6) is 0 Å². The Balaban J connectivity index is -0.000000163. The predicted molar refractivity (Wildman–Crippen MR) is 55.6 cm³/mol. The molecule has 0 bridgehead atoms. The van der Waals surface area contributed by atoms with Crippen molar-refractivity contribution in [2.75, 3.05) is 0 Å². The van der Waals surface area contributed by atoms with Crippen LogP contribution in [0.2, 0.25) is 0 Å². The number of carbonyl (C=O) groups is 1. The largest absolute Gasteiger partial charge is 0.512 e. The summed E-state index contributed by atoms with van der Waals surface area (Å²) in [6, 6.07) is 0. The zero-order valence-corrected chi connectivity index (χ0v) is 10.7. The topological polar surface area (TPSA) is 37.3 Å². The van der Waals surface area contributed by atoms with Crippen molar-refractivity contribution in [3.8, 4) is 0 Å².